The van der Waals surface area contributed by atoms with E-state index in [0.29, 0.717) is 0 Å². The van der Waals surface area contributed by atoms with Crippen LogP contribution in [0, 0.1) is 0 Å². The Balaban J connectivity index is 0. The molecule has 2 unspecified atom stereocenters. The van der Waals surface area contributed by atoms with Gasteiger partial charge in [-0.2, -0.15) is 0 Å². The third kappa shape index (κ3) is 4.21. The SMILES string of the molecule is Pc1ccccc1P.[LiH].[LiH]. The molecular formula is C6H10Li2P2. The van der Waals surface area contributed by atoms with Crippen molar-refractivity contribution >= 4 is 66.8 Å². The first-order valence-electron chi connectivity index (χ1n) is 2.40. The van der Waals surface area contributed by atoms with Crippen LogP contribution in [0.5, 0.6) is 0 Å². The van der Waals surface area contributed by atoms with Crippen molar-refractivity contribution in [1.29, 1.82) is 0 Å². The van der Waals surface area contributed by atoms with Crippen molar-refractivity contribution in [3.63, 3.8) is 0 Å². The molecule has 1 aromatic rings. The summed E-state index contributed by atoms with van der Waals surface area (Å²) in [6.07, 6.45) is 0. The Morgan fingerprint density at radius 3 is 1.30 bits per heavy atom. The number of hydrogen-bond acceptors (Lipinski definition) is 0. The molecule has 46 valence electrons. The molecule has 0 heterocycles. The van der Waals surface area contributed by atoms with Gasteiger partial charge in [-0.3, -0.25) is 0 Å². The Bertz CT molecular complexity index is 170. The molecule has 0 saturated heterocycles. The van der Waals surface area contributed by atoms with E-state index in [9.17, 15) is 0 Å². The van der Waals surface area contributed by atoms with Gasteiger partial charge in [-0.15, -0.1) is 18.5 Å². The molecule has 0 aromatic heterocycles. The maximum atomic E-state index is 2.67. The monoisotopic (exact) mass is 158 g/mol. The summed E-state index contributed by atoms with van der Waals surface area (Å²) in [4.78, 5) is 0. The van der Waals surface area contributed by atoms with Crippen LogP contribution in [0.4, 0.5) is 0 Å². The van der Waals surface area contributed by atoms with Crippen LogP contribution in [-0.2, 0) is 0 Å². The van der Waals surface area contributed by atoms with Crippen LogP contribution in [0.1, 0.15) is 0 Å². The molecule has 0 N–H and O–H groups in total. The summed E-state index contributed by atoms with van der Waals surface area (Å²) in [5, 5.41) is 2.50. The van der Waals surface area contributed by atoms with Crippen molar-refractivity contribution < 1.29 is 0 Å². The normalized spacial score (nSPS) is 7.40. The van der Waals surface area contributed by atoms with Crippen molar-refractivity contribution in [3.05, 3.63) is 24.3 Å². The Morgan fingerprint density at radius 2 is 1.10 bits per heavy atom. The van der Waals surface area contributed by atoms with Gasteiger partial charge in [0, 0.05) is 0 Å². The molecule has 10 heavy (non-hydrogen) atoms. The first kappa shape index (κ1) is 13.8. The number of rotatable bonds is 0. The Kier molecular flexibility index (Phi) is 9.62. The van der Waals surface area contributed by atoms with E-state index < -0.39 is 0 Å². The van der Waals surface area contributed by atoms with Crippen LogP contribution in [-0.4, -0.2) is 37.7 Å². The molecular weight excluding hydrogens is 148 g/mol. The summed E-state index contributed by atoms with van der Waals surface area (Å²) in [5.41, 5.74) is 0. The zero-order valence-electron chi connectivity index (χ0n) is 4.46. The molecule has 0 nitrogen and oxygen atoms in total. The second-order valence-corrected chi connectivity index (χ2v) is 2.87. The van der Waals surface area contributed by atoms with Crippen molar-refractivity contribution in [2.75, 3.05) is 0 Å². The van der Waals surface area contributed by atoms with Gasteiger partial charge in [-0.25, -0.2) is 0 Å². The summed E-state index contributed by atoms with van der Waals surface area (Å²) >= 11 is 0. The average Bonchev–Trinajstić information content (AvgIpc) is 1.77. The van der Waals surface area contributed by atoms with E-state index in [2.05, 4.69) is 30.6 Å². The summed E-state index contributed by atoms with van der Waals surface area (Å²) in [7, 11) is 5.33. The molecule has 0 amide bonds. The minimum atomic E-state index is 0. The van der Waals surface area contributed by atoms with Crippen molar-refractivity contribution in [3.8, 4) is 0 Å². The van der Waals surface area contributed by atoms with Gasteiger partial charge in [-0.1, -0.05) is 24.3 Å². The topological polar surface area (TPSA) is 0 Å². The first-order valence-corrected chi connectivity index (χ1v) is 3.56. The van der Waals surface area contributed by atoms with Gasteiger partial charge in [0.25, 0.3) is 0 Å². The van der Waals surface area contributed by atoms with Gasteiger partial charge in [-0.05, 0) is 10.6 Å². The third-order valence-electron chi connectivity index (χ3n) is 0.996. The molecule has 2 atom stereocenters. The summed E-state index contributed by atoms with van der Waals surface area (Å²) in [6.45, 7) is 0. The summed E-state index contributed by atoms with van der Waals surface area (Å²) < 4.78 is 0. The second-order valence-electron chi connectivity index (χ2n) is 1.63. The molecule has 1 rings (SSSR count). The standard InChI is InChI=1S/C6H8P2.2Li.2H/c7-5-3-1-2-4-6(5)8;;;;/h1-4H,7-8H2;;;;. The van der Waals surface area contributed by atoms with Gasteiger partial charge < -0.3 is 0 Å². The Morgan fingerprint density at radius 1 is 0.800 bits per heavy atom. The van der Waals surface area contributed by atoms with E-state index in [1.165, 1.54) is 10.6 Å². The predicted octanol–water partition coefficient (Wildman–Crippen LogP) is -0.610. The molecule has 0 aliphatic rings. The molecule has 0 aliphatic carbocycles. The van der Waals surface area contributed by atoms with Gasteiger partial charge in [0.15, 0.2) is 0 Å². The number of hydrogen-bond donors (Lipinski definition) is 0. The fraction of sp³-hybridized carbons (Fsp3) is 0. The van der Waals surface area contributed by atoms with Crippen LogP contribution < -0.4 is 10.6 Å². The third-order valence-corrected chi connectivity index (χ3v) is 2.38. The molecule has 0 bridgehead atoms. The maximum absolute atomic E-state index is 2.67. The number of benzene rings is 1. The van der Waals surface area contributed by atoms with Crippen LogP contribution in [0.25, 0.3) is 0 Å². The van der Waals surface area contributed by atoms with Gasteiger partial charge in [0.1, 0.15) is 0 Å². The van der Waals surface area contributed by atoms with Crippen molar-refractivity contribution in [2.45, 2.75) is 0 Å². The quantitative estimate of drug-likeness (QED) is 0.349. The van der Waals surface area contributed by atoms with Gasteiger partial charge in [0.05, 0.1) is 0 Å². The molecule has 0 fully saturated rings. The molecule has 4 heteroatoms. The van der Waals surface area contributed by atoms with E-state index in [4.69, 9.17) is 0 Å². The zero-order valence-corrected chi connectivity index (χ0v) is 6.77. The first-order chi connectivity index (χ1) is 3.80. The fourth-order valence-electron chi connectivity index (χ4n) is 0.511. The van der Waals surface area contributed by atoms with E-state index in [1.807, 2.05) is 12.1 Å². The molecule has 0 radical (unpaired) electrons. The molecule has 0 aliphatic heterocycles. The van der Waals surface area contributed by atoms with E-state index in [-0.39, 0.29) is 37.7 Å². The van der Waals surface area contributed by atoms with Gasteiger partial charge in [0.2, 0.25) is 0 Å². The molecule has 1 aromatic carbocycles. The van der Waals surface area contributed by atoms with E-state index in [1.54, 1.807) is 0 Å². The second kappa shape index (κ2) is 6.95. The van der Waals surface area contributed by atoms with Crippen LogP contribution in [0.2, 0.25) is 0 Å². The van der Waals surface area contributed by atoms with E-state index >= 15 is 0 Å². The molecule has 0 spiro atoms. The van der Waals surface area contributed by atoms with Crippen LogP contribution in [0.3, 0.4) is 0 Å². The molecule has 0 saturated carbocycles. The zero-order chi connectivity index (χ0) is 5.98. The average molecular weight is 158 g/mol. The minimum absolute atomic E-state index is 0. The Labute approximate surface area is 90.7 Å². The van der Waals surface area contributed by atoms with Crippen LogP contribution >= 0.6 is 18.5 Å². The summed E-state index contributed by atoms with van der Waals surface area (Å²) in [5.74, 6) is 0. The van der Waals surface area contributed by atoms with Crippen molar-refractivity contribution in [2.24, 2.45) is 0 Å². The van der Waals surface area contributed by atoms with Crippen molar-refractivity contribution in [1.82, 2.24) is 0 Å². The fourth-order valence-corrected chi connectivity index (χ4v) is 0.926. The van der Waals surface area contributed by atoms with E-state index in [0.717, 1.165) is 0 Å². The predicted molar refractivity (Wildman–Crippen MR) is 59.4 cm³/mol. The van der Waals surface area contributed by atoms with Crippen LogP contribution in [0.15, 0.2) is 24.3 Å². The Hall–Kier alpha value is 1.27. The summed E-state index contributed by atoms with van der Waals surface area (Å²) in [6, 6.07) is 8.17. The van der Waals surface area contributed by atoms with Gasteiger partial charge >= 0.3 is 37.7 Å².